The number of aliphatic carboxylic acids is 2. The molecule has 0 atom stereocenters. The maximum Gasteiger partial charge on any atom is 0.414 e. The van der Waals surface area contributed by atoms with Gasteiger partial charge in [-0.15, -0.1) is 0 Å². The molecule has 0 amide bonds. The van der Waals surface area contributed by atoms with Crippen LogP contribution in [-0.2, 0) is 9.59 Å². The number of hydrogen-bond acceptors (Lipinski definition) is 3. The van der Waals surface area contributed by atoms with Gasteiger partial charge in [-0.3, -0.25) is 0 Å². The van der Waals surface area contributed by atoms with Gasteiger partial charge in [0.25, 0.3) is 0 Å². The highest BCUT2D eigenvalue weighted by Gasteiger charge is 2.04. The smallest absolute Gasteiger partial charge is 0.414 e. The van der Waals surface area contributed by atoms with Gasteiger partial charge >= 0.3 is 11.9 Å². The molecule has 0 fully saturated rings. The summed E-state index contributed by atoms with van der Waals surface area (Å²) in [4.78, 5) is 18.2. The van der Waals surface area contributed by atoms with Crippen LogP contribution < -0.4 is 0 Å². The molecule has 0 bridgehead atoms. The zero-order valence-corrected chi connectivity index (χ0v) is 12.7. The molecule has 0 aromatic heterocycles. The van der Waals surface area contributed by atoms with Crippen molar-refractivity contribution in [3.8, 4) is 5.75 Å². The topological polar surface area (TPSA) is 94.8 Å². The first-order chi connectivity index (χ1) is 9.17. The van der Waals surface area contributed by atoms with Gasteiger partial charge in [-0.1, -0.05) is 44.4 Å². The number of carbonyl (C=O) groups is 2. The van der Waals surface area contributed by atoms with Crippen molar-refractivity contribution < 1.29 is 24.9 Å². The average molecular weight is 284 g/mol. The molecule has 0 heterocycles. The van der Waals surface area contributed by atoms with Gasteiger partial charge in [-0.05, 0) is 31.9 Å². The Morgan fingerprint density at radius 3 is 1.40 bits per heavy atom. The molecule has 0 unspecified atom stereocenters. The molecule has 5 heteroatoms. The van der Waals surface area contributed by atoms with E-state index < -0.39 is 11.9 Å². The Balaban J connectivity index is 0. The summed E-state index contributed by atoms with van der Waals surface area (Å²) in [5, 5.41) is 24.1. The largest absolute Gasteiger partial charge is 0.507 e. The molecule has 3 N–H and O–H groups in total. The Kier molecular flexibility index (Phi) is 11.0. The lowest BCUT2D eigenvalue weighted by molar-refractivity contribution is -0.159. The van der Waals surface area contributed by atoms with Crippen LogP contribution in [0.1, 0.15) is 43.4 Å². The lowest BCUT2D eigenvalue weighted by Gasteiger charge is -2.03. The minimum atomic E-state index is -1.82. The van der Waals surface area contributed by atoms with Gasteiger partial charge in [0.1, 0.15) is 5.75 Å². The second kappa shape index (κ2) is 10.8. The van der Waals surface area contributed by atoms with Crippen molar-refractivity contribution in [3.63, 3.8) is 0 Å². The van der Waals surface area contributed by atoms with Crippen LogP contribution in [0.5, 0.6) is 5.75 Å². The van der Waals surface area contributed by atoms with E-state index in [4.69, 9.17) is 19.8 Å². The van der Waals surface area contributed by atoms with E-state index in [0.29, 0.717) is 5.75 Å². The summed E-state index contributed by atoms with van der Waals surface area (Å²) in [5.41, 5.74) is 3.11. The Bertz CT molecular complexity index is 401. The molecule has 0 spiro atoms. The molecule has 0 saturated carbocycles. The van der Waals surface area contributed by atoms with Gasteiger partial charge < -0.3 is 15.3 Å². The first-order valence-electron chi connectivity index (χ1n) is 6.40. The van der Waals surface area contributed by atoms with E-state index in [0.717, 1.165) is 11.1 Å². The summed E-state index contributed by atoms with van der Waals surface area (Å²) >= 11 is 0. The predicted molar refractivity (Wildman–Crippen MR) is 78.2 cm³/mol. The van der Waals surface area contributed by atoms with Crippen LogP contribution in [0.15, 0.2) is 12.1 Å². The number of rotatable bonds is 1. The van der Waals surface area contributed by atoms with Crippen LogP contribution in [0.2, 0.25) is 0 Å². The van der Waals surface area contributed by atoms with Crippen LogP contribution >= 0.6 is 0 Å². The molecular weight excluding hydrogens is 260 g/mol. The SMILES string of the molecule is CCCC.Cc1cc(C)c(O)c(C)c1.O=C(O)C(=O)O. The van der Waals surface area contributed by atoms with E-state index in [1.807, 2.05) is 32.9 Å². The Hall–Kier alpha value is -2.04. The molecule has 0 saturated heterocycles. The molecule has 114 valence electrons. The van der Waals surface area contributed by atoms with E-state index in [1.54, 1.807) is 0 Å². The van der Waals surface area contributed by atoms with Crippen molar-refractivity contribution in [2.45, 2.75) is 47.5 Å². The van der Waals surface area contributed by atoms with Gasteiger partial charge in [-0.25, -0.2) is 9.59 Å². The van der Waals surface area contributed by atoms with E-state index in [9.17, 15) is 5.11 Å². The highest BCUT2D eigenvalue weighted by molar-refractivity contribution is 6.27. The minimum Gasteiger partial charge on any atom is -0.507 e. The summed E-state index contributed by atoms with van der Waals surface area (Å²) in [5.74, 6) is -3.23. The van der Waals surface area contributed by atoms with Gasteiger partial charge in [0, 0.05) is 0 Å². The monoisotopic (exact) mass is 284 g/mol. The van der Waals surface area contributed by atoms with Crippen molar-refractivity contribution in [1.82, 2.24) is 0 Å². The fraction of sp³-hybridized carbons (Fsp3) is 0.467. The predicted octanol–water partition coefficient (Wildman–Crippen LogP) is 3.28. The van der Waals surface area contributed by atoms with Gasteiger partial charge in [-0.2, -0.15) is 0 Å². The normalized spacial score (nSPS) is 8.65. The number of phenolic OH excluding ortho intramolecular Hbond substituents is 1. The summed E-state index contributed by atoms with van der Waals surface area (Å²) in [6.07, 6.45) is 2.64. The van der Waals surface area contributed by atoms with Crippen LogP contribution in [0.4, 0.5) is 0 Å². The third kappa shape index (κ3) is 9.94. The van der Waals surface area contributed by atoms with Crippen LogP contribution in [0.3, 0.4) is 0 Å². The van der Waals surface area contributed by atoms with Crippen molar-refractivity contribution >= 4 is 11.9 Å². The van der Waals surface area contributed by atoms with Gasteiger partial charge in [0.05, 0.1) is 0 Å². The quantitative estimate of drug-likeness (QED) is 0.688. The van der Waals surface area contributed by atoms with E-state index >= 15 is 0 Å². The molecule has 1 rings (SSSR count). The van der Waals surface area contributed by atoms with Gasteiger partial charge in [0.15, 0.2) is 0 Å². The number of phenols is 1. The molecule has 5 nitrogen and oxygen atoms in total. The summed E-state index contributed by atoms with van der Waals surface area (Å²) in [6, 6.07) is 3.95. The number of benzene rings is 1. The standard InChI is InChI=1S/C9H12O.C4H10.C2H2O4/c1-6-4-7(2)9(10)8(3)5-6;1-3-4-2;3-1(4)2(5)6/h4-5,10H,1-3H3;3-4H2,1-2H3;(H,3,4)(H,5,6). The number of hydrogen-bond donors (Lipinski definition) is 3. The van der Waals surface area contributed by atoms with E-state index in [-0.39, 0.29) is 0 Å². The van der Waals surface area contributed by atoms with Crippen molar-refractivity contribution in [2.75, 3.05) is 0 Å². The van der Waals surface area contributed by atoms with Crippen molar-refractivity contribution in [2.24, 2.45) is 0 Å². The number of aryl methyl sites for hydroxylation is 3. The van der Waals surface area contributed by atoms with Crippen LogP contribution in [0.25, 0.3) is 0 Å². The third-order valence-corrected chi connectivity index (χ3v) is 2.32. The van der Waals surface area contributed by atoms with Crippen molar-refractivity contribution in [3.05, 3.63) is 28.8 Å². The van der Waals surface area contributed by atoms with Crippen molar-refractivity contribution in [1.29, 1.82) is 0 Å². The number of aromatic hydroxyl groups is 1. The molecule has 20 heavy (non-hydrogen) atoms. The van der Waals surface area contributed by atoms with Crippen LogP contribution in [-0.4, -0.2) is 27.3 Å². The Morgan fingerprint density at radius 2 is 1.20 bits per heavy atom. The minimum absolute atomic E-state index is 0.422. The Labute approximate surface area is 119 Å². The Morgan fingerprint density at radius 1 is 0.900 bits per heavy atom. The summed E-state index contributed by atoms with van der Waals surface area (Å²) in [7, 11) is 0. The van der Waals surface area contributed by atoms with E-state index in [1.165, 1.54) is 18.4 Å². The van der Waals surface area contributed by atoms with Gasteiger partial charge in [0.2, 0.25) is 0 Å². The molecular formula is C15H24O5. The van der Waals surface area contributed by atoms with E-state index in [2.05, 4.69) is 13.8 Å². The summed E-state index contributed by atoms with van der Waals surface area (Å²) < 4.78 is 0. The lowest BCUT2D eigenvalue weighted by atomic mass is 10.1. The highest BCUT2D eigenvalue weighted by atomic mass is 16.4. The molecule has 0 radical (unpaired) electrons. The second-order valence-corrected chi connectivity index (χ2v) is 4.36. The third-order valence-electron chi connectivity index (χ3n) is 2.32. The molecule has 0 aliphatic carbocycles. The number of unbranched alkanes of at least 4 members (excludes halogenated alkanes) is 1. The zero-order chi connectivity index (χ0) is 16.3. The maximum absolute atomic E-state index is 9.33. The molecule has 1 aromatic carbocycles. The molecule has 1 aromatic rings. The molecule has 0 aliphatic heterocycles. The molecule has 0 aliphatic rings. The maximum atomic E-state index is 9.33. The van der Waals surface area contributed by atoms with Crippen LogP contribution in [0, 0.1) is 20.8 Å². The highest BCUT2D eigenvalue weighted by Crippen LogP contribution is 2.21. The number of carboxylic acids is 2. The second-order valence-electron chi connectivity index (χ2n) is 4.36. The first kappa shape index (κ1) is 20.3. The first-order valence-corrected chi connectivity index (χ1v) is 6.40. The average Bonchev–Trinajstić information content (AvgIpc) is 2.36. The fourth-order valence-electron chi connectivity index (χ4n) is 1.17. The zero-order valence-electron chi connectivity index (χ0n) is 12.7. The fourth-order valence-corrected chi connectivity index (χ4v) is 1.17. The lowest BCUT2D eigenvalue weighted by Crippen LogP contribution is -2.09. The number of carboxylic acid groups (broad SMARTS) is 2. The summed E-state index contributed by atoms with van der Waals surface area (Å²) in [6.45, 7) is 10.2.